The van der Waals surface area contributed by atoms with Crippen LogP contribution in [0.15, 0.2) is 11.6 Å². The molecular formula is C13H23NW. The molecule has 1 aliphatic heterocycles. The van der Waals surface area contributed by atoms with E-state index in [0.29, 0.717) is 11.0 Å². The molecule has 0 aromatic carbocycles. The quantitative estimate of drug-likeness (QED) is 0.680. The predicted octanol–water partition coefficient (Wildman–Crippen LogP) is 2.79. The summed E-state index contributed by atoms with van der Waals surface area (Å²) in [4.78, 5) is 2.54. The van der Waals surface area contributed by atoms with Crippen LogP contribution in [0.3, 0.4) is 0 Å². The molecule has 0 atom stereocenters. The van der Waals surface area contributed by atoms with Crippen molar-refractivity contribution in [3.8, 4) is 0 Å². The molecule has 0 aliphatic carbocycles. The standard InChI is InChI=1S/C13H23N.W/c1-12(2,3)9-11-7-8-14(10-11)13(4,5)6;/h7H,8,10H2,1-6H3;. The first-order chi connectivity index (χ1) is 6.62. The maximum absolute atomic E-state index is 2.54. The van der Waals surface area contributed by atoms with Crippen LogP contribution < -0.4 is 0 Å². The molecule has 0 N–H and O–H groups in total. The van der Waals surface area contributed by atoms with Gasteiger partial charge in [0.05, 0.1) is 0 Å². The van der Waals surface area contributed by atoms with E-state index in [2.05, 4.69) is 52.5 Å². The fourth-order valence-corrected chi connectivity index (χ4v) is 2.24. The Bertz CT molecular complexity index is 289. The molecule has 1 heterocycles. The van der Waals surface area contributed by atoms with Crippen molar-refractivity contribution in [2.24, 2.45) is 5.41 Å². The number of hydrogen-bond acceptors (Lipinski definition) is 1. The third-order valence-electron chi connectivity index (χ3n) is 2.84. The summed E-state index contributed by atoms with van der Waals surface area (Å²) >= 11 is 1.62. The summed E-state index contributed by atoms with van der Waals surface area (Å²) in [7, 11) is 0. The summed E-state index contributed by atoms with van der Waals surface area (Å²) < 4.78 is 1.62. The molecule has 1 aliphatic rings. The van der Waals surface area contributed by atoms with Gasteiger partial charge in [0, 0.05) is 0 Å². The van der Waals surface area contributed by atoms with Gasteiger partial charge in [-0.2, -0.15) is 0 Å². The third kappa shape index (κ3) is 3.36. The molecule has 0 saturated heterocycles. The Morgan fingerprint density at radius 3 is 2.07 bits per heavy atom. The summed E-state index contributed by atoms with van der Waals surface area (Å²) in [6, 6.07) is 0. The third-order valence-corrected chi connectivity index (χ3v) is 5.98. The fourth-order valence-electron chi connectivity index (χ4n) is 1.71. The molecule has 0 radical (unpaired) electrons. The van der Waals surface area contributed by atoms with Gasteiger partial charge in [-0.3, -0.25) is 0 Å². The molecule has 0 saturated carbocycles. The molecule has 2 heteroatoms. The molecule has 86 valence electrons. The van der Waals surface area contributed by atoms with E-state index in [-0.39, 0.29) is 0 Å². The van der Waals surface area contributed by atoms with Crippen molar-refractivity contribution in [1.82, 2.24) is 4.90 Å². The fraction of sp³-hybridized carbons (Fsp3) is 0.769. The van der Waals surface area contributed by atoms with Gasteiger partial charge in [0.1, 0.15) is 0 Å². The molecule has 1 nitrogen and oxygen atoms in total. The van der Waals surface area contributed by atoms with E-state index in [9.17, 15) is 0 Å². The molecule has 15 heavy (non-hydrogen) atoms. The minimum atomic E-state index is 0.297. The van der Waals surface area contributed by atoms with E-state index in [1.165, 1.54) is 0 Å². The molecular weight excluding hydrogens is 354 g/mol. The van der Waals surface area contributed by atoms with Gasteiger partial charge in [-0.05, 0) is 0 Å². The van der Waals surface area contributed by atoms with Crippen LogP contribution in [0.25, 0.3) is 0 Å². The SMILES string of the molecule is CC(C)(C)[C](=[W])C1=CCN(C(C)(C)C)C1. The van der Waals surface area contributed by atoms with E-state index < -0.39 is 0 Å². The topological polar surface area (TPSA) is 3.24 Å². The van der Waals surface area contributed by atoms with Crippen molar-refractivity contribution in [1.29, 1.82) is 0 Å². The summed E-state index contributed by atoms with van der Waals surface area (Å²) in [5.41, 5.74) is 2.22. The molecule has 0 fully saturated rings. The normalized spacial score (nSPS) is 19.2. The Labute approximate surface area is 105 Å². The van der Waals surface area contributed by atoms with Crippen molar-refractivity contribution in [2.75, 3.05) is 13.1 Å². The molecule has 0 aromatic rings. The van der Waals surface area contributed by atoms with Gasteiger partial charge in [0.25, 0.3) is 0 Å². The van der Waals surface area contributed by atoms with Gasteiger partial charge in [-0.1, -0.05) is 0 Å². The monoisotopic (exact) mass is 377 g/mol. The van der Waals surface area contributed by atoms with Gasteiger partial charge < -0.3 is 0 Å². The van der Waals surface area contributed by atoms with Crippen LogP contribution in [0.1, 0.15) is 41.5 Å². The Morgan fingerprint density at radius 2 is 1.73 bits per heavy atom. The zero-order valence-electron chi connectivity index (χ0n) is 10.8. The Morgan fingerprint density at radius 1 is 1.20 bits per heavy atom. The number of nitrogens with zero attached hydrogens (tertiary/aromatic N) is 1. The second-order valence-electron chi connectivity index (χ2n) is 6.36. The molecule has 0 aromatic heterocycles. The van der Waals surface area contributed by atoms with Crippen molar-refractivity contribution in [3.63, 3.8) is 0 Å². The minimum absolute atomic E-state index is 0.297. The molecule has 0 amide bonds. The first-order valence-electron chi connectivity index (χ1n) is 5.61. The first-order valence-corrected chi connectivity index (χ1v) is 7.08. The van der Waals surface area contributed by atoms with E-state index >= 15 is 0 Å². The van der Waals surface area contributed by atoms with Crippen LogP contribution in [-0.4, -0.2) is 27.4 Å². The summed E-state index contributed by atoms with van der Waals surface area (Å²) in [5.74, 6) is 0. The van der Waals surface area contributed by atoms with Crippen molar-refractivity contribution >= 4 is 3.90 Å². The zero-order valence-corrected chi connectivity index (χ0v) is 13.8. The van der Waals surface area contributed by atoms with E-state index in [4.69, 9.17) is 0 Å². The molecule has 1 rings (SSSR count). The van der Waals surface area contributed by atoms with Crippen molar-refractivity contribution < 1.29 is 19.4 Å². The van der Waals surface area contributed by atoms with Gasteiger partial charge in [0.2, 0.25) is 0 Å². The number of rotatable bonds is 1. The van der Waals surface area contributed by atoms with Crippen LogP contribution in [0.4, 0.5) is 0 Å². The van der Waals surface area contributed by atoms with E-state index in [0.717, 1.165) is 13.1 Å². The van der Waals surface area contributed by atoms with Gasteiger partial charge in [0.15, 0.2) is 0 Å². The van der Waals surface area contributed by atoms with Crippen LogP contribution in [0.2, 0.25) is 0 Å². The van der Waals surface area contributed by atoms with E-state index in [1.807, 2.05) is 0 Å². The van der Waals surface area contributed by atoms with Crippen LogP contribution in [-0.2, 0) is 19.4 Å². The van der Waals surface area contributed by atoms with Gasteiger partial charge in [-0.25, -0.2) is 0 Å². The van der Waals surface area contributed by atoms with Gasteiger partial charge in [-0.15, -0.1) is 0 Å². The van der Waals surface area contributed by atoms with Crippen molar-refractivity contribution in [2.45, 2.75) is 47.1 Å². The van der Waals surface area contributed by atoms with E-state index in [1.54, 1.807) is 28.8 Å². The molecule has 0 unspecified atom stereocenters. The average molecular weight is 377 g/mol. The van der Waals surface area contributed by atoms with Crippen molar-refractivity contribution in [3.05, 3.63) is 11.6 Å². The Balaban J connectivity index is 2.69. The summed E-state index contributed by atoms with van der Waals surface area (Å²) in [5, 5.41) is 0. The van der Waals surface area contributed by atoms with Gasteiger partial charge >= 0.3 is 105 Å². The van der Waals surface area contributed by atoms with Crippen LogP contribution in [0, 0.1) is 5.41 Å². The Hall–Kier alpha value is 0.258. The average Bonchev–Trinajstić information content (AvgIpc) is 2.47. The summed E-state index contributed by atoms with van der Waals surface area (Å²) in [6.07, 6.45) is 2.42. The zero-order chi connectivity index (χ0) is 11.9. The second kappa shape index (κ2) is 4.26. The maximum atomic E-state index is 2.54. The first kappa shape index (κ1) is 13.3. The van der Waals surface area contributed by atoms with Crippen LogP contribution >= 0.6 is 0 Å². The Kier molecular flexibility index (Phi) is 3.78. The number of hydrogen-bond donors (Lipinski definition) is 0. The van der Waals surface area contributed by atoms with Crippen LogP contribution in [0.5, 0.6) is 0 Å². The molecule has 0 spiro atoms. The second-order valence-corrected chi connectivity index (χ2v) is 7.83. The summed E-state index contributed by atoms with van der Waals surface area (Å²) in [6.45, 7) is 16.1. The predicted molar refractivity (Wildman–Crippen MR) is 63.9 cm³/mol. The molecule has 0 bridgehead atoms.